The lowest BCUT2D eigenvalue weighted by molar-refractivity contribution is 0.211. The van der Waals surface area contributed by atoms with E-state index in [0.717, 1.165) is 6.04 Å². The van der Waals surface area contributed by atoms with E-state index in [2.05, 4.69) is 32.6 Å². The molecule has 0 bridgehead atoms. The van der Waals surface area contributed by atoms with Crippen LogP contribution in [0.15, 0.2) is 0 Å². The van der Waals surface area contributed by atoms with Crippen LogP contribution in [-0.2, 0) is 0 Å². The minimum Gasteiger partial charge on any atom is -0.301 e. The van der Waals surface area contributed by atoms with Crippen molar-refractivity contribution in [1.82, 2.24) is 4.90 Å². The molecule has 0 heterocycles. The van der Waals surface area contributed by atoms with Crippen molar-refractivity contribution in [1.29, 1.82) is 0 Å². The molecule has 0 atom stereocenters. The summed E-state index contributed by atoms with van der Waals surface area (Å²) in [7, 11) is 0. The maximum absolute atomic E-state index is 2.72. The predicted octanol–water partition coefficient (Wildman–Crippen LogP) is 7.98. The summed E-state index contributed by atoms with van der Waals surface area (Å²) in [6.45, 7) is 12.0. The Morgan fingerprint density at radius 2 is 0.750 bits per heavy atom. The van der Waals surface area contributed by atoms with Crippen molar-refractivity contribution in [2.24, 2.45) is 0 Å². The van der Waals surface area contributed by atoms with Gasteiger partial charge < -0.3 is 4.90 Å². The van der Waals surface area contributed by atoms with Gasteiger partial charge in [-0.05, 0) is 39.8 Å². The Bertz CT molecular complexity index is 204. The van der Waals surface area contributed by atoms with Crippen molar-refractivity contribution in [3.05, 3.63) is 0 Å². The number of nitrogens with zero attached hydrogens (tertiary/aromatic N) is 1. The molecule has 0 rings (SSSR count). The summed E-state index contributed by atoms with van der Waals surface area (Å²) in [5.41, 5.74) is 0. The van der Waals surface area contributed by atoms with Crippen molar-refractivity contribution >= 4 is 0 Å². The summed E-state index contributed by atoms with van der Waals surface area (Å²) in [4.78, 5) is 2.72. The van der Waals surface area contributed by atoms with E-state index in [9.17, 15) is 0 Å². The maximum Gasteiger partial charge on any atom is 0.00385 e. The van der Waals surface area contributed by atoms with Gasteiger partial charge in [0.15, 0.2) is 0 Å². The molecular formula is C23H49N. The second-order valence-corrected chi connectivity index (χ2v) is 8.08. The van der Waals surface area contributed by atoms with Crippen molar-refractivity contribution < 1.29 is 0 Å². The van der Waals surface area contributed by atoms with Crippen LogP contribution in [-0.4, -0.2) is 24.0 Å². The first-order chi connectivity index (χ1) is 11.7. The number of unbranched alkanes of at least 4 members (excludes halogenated alkanes) is 14. The molecule has 146 valence electrons. The lowest BCUT2D eigenvalue weighted by Gasteiger charge is -2.26. The van der Waals surface area contributed by atoms with E-state index in [1.165, 1.54) is 116 Å². The molecule has 0 radical (unpaired) electrons. The molecule has 0 aliphatic carbocycles. The number of rotatable bonds is 19. The lowest BCUT2D eigenvalue weighted by atomic mass is 10.1. The van der Waals surface area contributed by atoms with E-state index in [4.69, 9.17) is 0 Å². The molecule has 0 spiro atoms. The Morgan fingerprint density at radius 1 is 0.458 bits per heavy atom. The lowest BCUT2D eigenvalue weighted by Crippen LogP contribution is -2.32. The zero-order chi connectivity index (χ0) is 17.9. The molecule has 0 saturated heterocycles. The first-order valence-corrected chi connectivity index (χ1v) is 11.5. The van der Waals surface area contributed by atoms with Gasteiger partial charge in [0.25, 0.3) is 0 Å². The minimum atomic E-state index is 0.721. The third-order valence-electron chi connectivity index (χ3n) is 5.33. The smallest absolute Gasteiger partial charge is 0.00385 e. The molecule has 0 amide bonds. The molecule has 0 aromatic rings. The van der Waals surface area contributed by atoms with Crippen LogP contribution >= 0.6 is 0 Å². The summed E-state index contributed by atoms with van der Waals surface area (Å²) >= 11 is 0. The normalized spacial score (nSPS) is 11.8. The SMILES string of the molecule is CCCCCCCCCCN(CCCCCCCCCC)C(C)C. The Morgan fingerprint density at radius 3 is 1.04 bits per heavy atom. The molecule has 1 heteroatoms. The zero-order valence-corrected chi connectivity index (χ0v) is 17.8. The van der Waals surface area contributed by atoms with Gasteiger partial charge in [0.1, 0.15) is 0 Å². The monoisotopic (exact) mass is 339 g/mol. The third-order valence-corrected chi connectivity index (χ3v) is 5.33. The summed E-state index contributed by atoms with van der Waals surface area (Å²) in [5, 5.41) is 0. The van der Waals surface area contributed by atoms with Crippen LogP contribution in [0.1, 0.15) is 130 Å². The van der Waals surface area contributed by atoms with E-state index in [-0.39, 0.29) is 0 Å². The number of hydrogen-bond donors (Lipinski definition) is 0. The van der Waals surface area contributed by atoms with Gasteiger partial charge in [-0.15, -0.1) is 0 Å². The van der Waals surface area contributed by atoms with Crippen LogP contribution in [0.2, 0.25) is 0 Å². The molecule has 1 nitrogen and oxygen atoms in total. The quantitative estimate of drug-likeness (QED) is 0.216. The van der Waals surface area contributed by atoms with Gasteiger partial charge in [-0.2, -0.15) is 0 Å². The number of hydrogen-bond acceptors (Lipinski definition) is 1. The van der Waals surface area contributed by atoms with Gasteiger partial charge >= 0.3 is 0 Å². The van der Waals surface area contributed by atoms with E-state index in [1.54, 1.807) is 0 Å². The Balaban J connectivity index is 3.47. The summed E-state index contributed by atoms with van der Waals surface area (Å²) in [6, 6.07) is 0.721. The van der Waals surface area contributed by atoms with Crippen LogP contribution < -0.4 is 0 Å². The van der Waals surface area contributed by atoms with Crippen molar-refractivity contribution in [3.63, 3.8) is 0 Å². The van der Waals surface area contributed by atoms with E-state index < -0.39 is 0 Å². The van der Waals surface area contributed by atoms with Crippen molar-refractivity contribution in [3.8, 4) is 0 Å². The van der Waals surface area contributed by atoms with Crippen LogP contribution in [0.4, 0.5) is 0 Å². The van der Waals surface area contributed by atoms with E-state index in [1.807, 2.05) is 0 Å². The molecular weight excluding hydrogens is 290 g/mol. The highest BCUT2D eigenvalue weighted by Crippen LogP contribution is 2.12. The fourth-order valence-corrected chi connectivity index (χ4v) is 3.53. The fraction of sp³-hybridized carbons (Fsp3) is 1.00. The summed E-state index contributed by atoms with van der Waals surface area (Å²) in [6.07, 6.45) is 22.9. The highest BCUT2D eigenvalue weighted by molar-refractivity contribution is 4.63. The first-order valence-electron chi connectivity index (χ1n) is 11.5. The largest absolute Gasteiger partial charge is 0.301 e. The maximum atomic E-state index is 2.72. The standard InChI is InChI=1S/C23H49N/c1-5-7-9-11-13-15-17-19-21-24(23(3)4)22-20-18-16-14-12-10-8-6-2/h23H,5-22H2,1-4H3. The molecule has 0 aliphatic heterocycles. The van der Waals surface area contributed by atoms with Crippen LogP contribution in [0.25, 0.3) is 0 Å². The van der Waals surface area contributed by atoms with Crippen LogP contribution in [0.5, 0.6) is 0 Å². The average molecular weight is 340 g/mol. The first kappa shape index (κ1) is 24.0. The Hall–Kier alpha value is -0.0400. The van der Waals surface area contributed by atoms with Crippen molar-refractivity contribution in [2.45, 2.75) is 136 Å². The minimum absolute atomic E-state index is 0.721. The Kier molecular flexibility index (Phi) is 19.3. The Labute approximate surface area is 155 Å². The zero-order valence-electron chi connectivity index (χ0n) is 17.8. The highest BCUT2D eigenvalue weighted by atomic mass is 15.1. The molecule has 0 saturated carbocycles. The summed E-state index contributed by atoms with van der Waals surface area (Å²) < 4.78 is 0. The van der Waals surface area contributed by atoms with Gasteiger partial charge in [0, 0.05) is 6.04 Å². The van der Waals surface area contributed by atoms with Gasteiger partial charge in [-0.1, -0.05) is 104 Å². The predicted molar refractivity (Wildman–Crippen MR) is 112 cm³/mol. The van der Waals surface area contributed by atoms with Crippen molar-refractivity contribution in [2.75, 3.05) is 13.1 Å². The second kappa shape index (κ2) is 19.3. The second-order valence-electron chi connectivity index (χ2n) is 8.08. The highest BCUT2D eigenvalue weighted by Gasteiger charge is 2.08. The topological polar surface area (TPSA) is 3.24 Å². The molecule has 0 unspecified atom stereocenters. The van der Waals surface area contributed by atoms with Gasteiger partial charge in [-0.25, -0.2) is 0 Å². The molecule has 0 aliphatic rings. The summed E-state index contributed by atoms with van der Waals surface area (Å²) in [5.74, 6) is 0. The van der Waals surface area contributed by atoms with Gasteiger partial charge in [0.05, 0.1) is 0 Å². The van der Waals surface area contributed by atoms with Crippen LogP contribution in [0.3, 0.4) is 0 Å². The molecule has 0 aromatic heterocycles. The fourth-order valence-electron chi connectivity index (χ4n) is 3.53. The van der Waals surface area contributed by atoms with Gasteiger partial charge in [0.2, 0.25) is 0 Å². The molecule has 24 heavy (non-hydrogen) atoms. The third kappa shape index (κ3) is 16.8. The molecule has 0 fully saturated rings. The van der Waals surface area contributed by atoms with E-state index in [0.29, 0.717) is 0 Å². The van der Waals surface area contributed by atoms with Gasteiger partial charge in [-0.3, -0.25) is 0 Å². The molecule has 0 N–H and O–H groups in total. The van der Waals surface area contributed by atoms with E-state index >= 15 is 0 Å². The average Bonchev–Trinajstić information content (AvgIpc) is 2.57. The van der Waals surface area contributed by atoms with Crippen LogP contribution in [0, 0.1) is 0 Å². The molecule has 0 aromatic carbocycles.